The maximum atomic E-state index is 13.0. The number of hydrogen-bond donors (Lipinski definition) is 0. The van der Waals surface area contributed by atoms with Crippen LogP contribution < -0.4 is 4.90 Å². The SMILES string of the molecule is CN(C)c1ncc2c(n1)C1(CCCN(S(=O)(=O)N3CCCC3)C1)CC2. The molecule has 2 fully saturated rings. The number of hydrogen-bond acceptors (Lipinski definition) is 5. The van der Waals surface area contributed by atoms with Gasteiger partial charge in [0.25, 0.3) is 10.2 Å². The number of aryl methyl sites for hydroxylation is 1. The lowest BCUT2D eigenvalue weighted by Gasteiger charge is -2.41. The molecule has 8 heteroatoms. The predicted molar refractivity (Wildman–Crippen MR) is 96.9 cm³/mol. The van der Waals surface area contributed by atoms with Crippen LogP contribution in [0.2, 0.25) is 0 Å². The number of nitrogens with zero attached hydrogens (tertiary/aromatic N) is 5. The van der Waals surface area contributed by atoms with Crippen LogP contribution in [0, 0.1) is 0 Å². The molecule has 1 spiro atoms. The second-order valence-corrected chi connectivity index (χ2v) is 9.70. The van der Waals surface area contributed by atoms with Crippen LogP contribution in [-0.4, -0.2) is 67.3 Å². The van der Waals surface area contributed by atoms with Gasteiger partial charge in [0, 0.05) is 51.9 Å². The van der Waals surface area contributed by atoms with Gasteiger partial charge >= 0.3 is 0 Å². The van der Waals surface area contributed by atoms with Gasteiger partial charge in [-0.3, -0.25) is 0 Å². The van der Waals surface area contributed by atoms with E-state index in [0.29, 0.717) is 32.1 Å². The zero-order chi connectivity index (χ0) is 17.7. The Morgan fingerprint density at radius 1 is 1.08 bits per heavy atom. The Kier molecular flexibility index (Phi) is 4.24. The van der Waals surface area contributed by atoms with Crippen LogP contribution in [0.1, 0.15) is 43.4 Å². The van der Waals surface area contributed by atoms with Crippen LogP contribution in [-0.2, 0) is 22.0 Å². The standard InChI is InChI=1S/C17H27N5O2S/c1-20(2)16-18-12-14-6-8-17(15(14)19-16)7-5-11-22(13-17)25(23,24)21-9-3-4-10-21/h12H,3-11,13H2,1-2H3. The lowest BCUT2D eigenvalue weighted by atomic mass is 9.78. The highest BCUT2D eigenvalue weighted by Crippen LogP contribution is 2.45. The molecule has 1 aliphatic carbocycles. The Morgan fingerprint density at radius 2 is 1.80 bits per heavy atom. The van der Waals surface area contributed by atoms with E-state index in [4.69, 9.17) is 4.98 Å². The summed E-state index contributed by atoms with van der Waals surface area (Å²) in [5, 5.41) is 0. The van der Waals surface area contributed by atoms with Crippen LogP contribution >= 0.6 is 0 Å². The van der Waals surface area contributed by atoms with Crippen molar-refractivity contribution in [2.45, 2.75) is 43.9 Å². The first-order chi connectivity index (χ1) is 11.9. The van der Waals surface area contributed by atoms with E-state index in [1.54, 1.807) is 8.61 Å². The lowest BCUT2D eigenvalue weighted by Crippen LogP contribution is -2.52. The molecular formula is C17H27N5O2S. The Bertz CT molecular complexity index is 756. The van der Waals surface area contributed by atoms with Gasteiger partial charge in [0.1, 0.15) is 0 Å². The highest BCUT2D eigenvalue weighted by molar-refractivity contribution is 7.86. The molecule has 0 bridgehead atoms. The highest BCUT2D eigenvalue weighted by atomic mass is 32.2. The third-order valence-corrected chi connectivity index (χ3v) is 7.87. The summed E-state index contributed by atoms with van der Waals surface area (Å²) in [5.41, 5.74) is 2.12. The van der Waals surface area contributed by atoms with E-state index >= 15 is 0 Å². The van der Waals surface area contributed by atoms with E-state index in [2.05, 4.69) is 4.98 Å². The van der Waals surface area contributed by atoms with E-state index in [1.807, 2.05) is 25.2 Å². The molecule has 0 N–H and O–H groups in total. The van der Waals surface area contributed by atoms with Gasteiger partial charge in [0.15, 0.2) is 0 Å². The third-order valence-electron chi connectivity index (χ3n) is 5.89. The van der Waals surface area contributed by atoms with Crippen molar-refractivity contribution >= 4 is 16.2 Å². The van der Waals surface area contributed by atoms with Crippen molar-refractivity contribution < 1.29 is 8.42 Å². The Morgan fingerprint density at radius 3 is 2.52 bits per heavy atom. The molecule has 1 unspecified atom stereocenters. The minimum atomic E-state index is -3.34. The van der Waals surface area contributed by atoms with Gasteiger partial charge in [0.2, 0.25) is 5.95 Å². The monoisotopic (exact) mass is 365 g/mol. The van der Waals surface area contributed by atoms with E-state index < -0.39 is 10.2 Å². The molecule has 4 rings (SSSR count). The minimum absolute atomic E-state index is 0.145. The van der Waals surface area contributed by atoms with Gasteiger partial charge < -0.3 is 4.90 Å². The Labute approximate surface area is 150 Å². The molecule has 1 atom stereocenters. The quantitative estimate of drug-likeness (QED) is 0.804. The molecule has 0 aromatic carbocycles. The van der Waals surface area contributed by atoms with E-state index in [-0.39, 0.29) is 5.41 Å². The molecular weight excluding hydrogens is 338 g/mol. The van der Waals surface area contributed by atoms with Gasteiger partial charge in [-0.25, -0.2) is 9.97 Å². The van der Waals surface area contributed by atoms with Gasteiger partial charge in [-0.05, 0) is 44.1 Å². The molecule has 3 aliphatic rings. The molecule has 1 aromatic rings. The number of aromatic nitrogens is 2. The Balaban J connectivity index is 1.65. The van der Waals surface area contributed by atoms with Gasteiger partial charge in [-0.2, -0.15) is 17.0 Å². The zero-order valence-electron chi connectivity index (χ0n) is 15.1. The second kappa shape index (κ2) is 6.17. The van der Waals surface area contributed by atoms with E-state index in [9.17, 15) is 8.42 Å². The summed E-state index contributed by atoms with van der Waals surface area (Å²) in [6, 6.07) is 0. The van der Waals surface area contributed by atoms with Crippen LogP contribution in [0.5, 0.6) is 0 Å². The maximum absolute atomic E-state index is 13.0. The molecule has 138 valence electrons. The average molecular weight is 366 g/mol. The van der Waals surface area contributed by atoms with Gasteiger partial charge in [-0.1, -0.05) is 0 Å². The fraction of sp³-hybridized carbons (Fsp3) is 0.765. The fourth-order valence-electron chi connectivity index (χ4n) is 4.51. The largest absolute Gasteiger partial charge is 0.347 e. The second-order valence-electron chi connectivity index (χ2n) is 7.77. The molecule has 0 saturated carbocycles. The fourth-order valence-corrected chi connectivity index (χ4v) is 6.33. The van der Waals surface area contributed by atoms with Crippen molar-refractivity contribution in [2.24, 2.45) is 0 Å². The molecule has 2 saturated heterocycles. The third kappa shape index (κ3) is 2.84. The summed E-state index contributed by atoms with van der Waals surface area (Å²) in [6.07, 6.45) is 7.70. The first-order valence-corrected chi connectivity index (χ1v) is 10.6. The minimum Gasteiger partial charge on any atom is -0.347 e. The van der Waals surface area contributed by atoms with Crippen molar-refractivity contribution in [3.8, 4) is 0 Å². The van der Waals surface area contributed by atoms with Gasteiger partial charge in [0.05, 0.1) is 5.69 Å². The maximum Gasteiger partial charge on any atom is 0.282 e. The van der Waals surface area contributed by atoms with Crippen LogP contribution in [0.25, 0.3) is 0 Å². The zero-order valence-corrected chi connectivity index (χ0v) is 15.9. The lowest BCUT2D eigenvalue weighted by molar-refractivity contribution is 0.210. The summed E-state index contributed by atoms with van der Waals surface area (Å²) in [5.74, 6) is 0.708. The molecule has 2 aliphatic heterocycles. The smallest absolute Gasteiger partial charge is 0.282 e. The van der Waals surface area contributed by atoms with E-state index in [1.165, 1.54) is 5.56 Å². The summed E-state index contributed by atoms with van der Waals surface area (Å²) in [6.45, 7) is 2.51. The Hall–Kier alpha value is -1.25. The number of rotatable bonds is 3. The van der Waals surface area contributed by atoms with Crippen molar-refractivity contribution in [2.75, 3.05) is 45.2 Å². The van der Waals surface area contributed by atoms with Crippen molar-refractivity contribution in [1.29, 1.82) is 0 Å². The normalized spacial score (nSPS) is 27.8. The van der Waals surface area contributed by atoms with Crippen molar-refractivity contribution in [1.82, 2.24) is 18.6 Å². The molecule has 1 aromatic heterocycles. The predicted octanol–water partition coefficient (Wildman–Crippen LogP) is 1.16. The van der Waals surface area contributed by atoms with Crippen LogP contribution in [0.4, 0.5) is 5.95 Å². The van der Waals surface area contributed by atoms with Crippen LogP contribution in [0.3, 0.4) is 0 Å². The molecule has 0 radical (unpaired) electrons. The summed E-state index contributed by atoms with van der Waals surface area (Å²) in [4.78, 5) is 11.2. The summed E-state index contributed by atoms with van der Waals surface area (Å²) >= 11 is 0. The highest BCUT2D eigenvalue weighted by Gasteiger charge is 2.47. The average Bonchev–Trinajstić information content (AvgIpc) is 3.25. The molecule has 7 nitrogen and oxygen atoms in total. The van der Waals surface area contributed by atoms with Gasteiger partial charge in [-0.15, -0.1) is 0 Å². The topological polar surface area (TPSA) is 69.6 Å². The van der Waals surface area contributed by atoms with Crippen molar-refractivity contribution in [3.63, 3.8) is 0 Å². The van der Waals surface area contributed by atoms with Crippen molar-refractivity contribution in [3.05, 3.63) is 17.5 Å². The van der Waals surface area contributed by atoms with Crippen LogP contribution in [0.15, 0.2) is 6.20 Å². The number of fused-ring (bicyclic) bond motifs is 2. The summed E-state index contributed by atoms with van der Waals surface area (Å²) < 4.78 is 29.4. The first kappa shape index (κ1) is 17.2. The molecule has 0 amide bonds. The number of anilines is 1. The first-order valence-electron chi connectivity index (χ1n) is 9.21. The number of piperidine rings is 1. The molecule has 25 heavy (non-hydrogen) atoms. The molecule has 3 heterocycles. The van der Waals surface area contributed by atoms with E-state index in [0.717, 1.165) is 44.2 Å². The summed E-state index contributed by atoms with van der Waals surface area (Å²) in [7, 11) is 0.536.